The molecule has 5 unspecified atom stereocenters. The Labute approximate surface area is 116 Å². The van der Waals surface area contributed by atoms with Crippen molar-refractivity contribution < 1.29 is 18.9 Å². The first-order valence-corrected chi connectivity index (χ1v) is 8.31. The van der Waals surface area contributed by atoms with Gasteiger partial charge >= 0.3 is 5.97 Å². The minimum atomic E-state index is -0.985. The van der Waals surface area contributed by atoms with Crippen LogP contribution in [0.5, 0.6) is 0 Å². The summed E-state index contributed by atoms with van der Waals surface area (Å²) in [7, 11) is -0.985. The maximum Gasteiger partial charge on any atom is 0.307 e. The normalized spacial score (nSPS) is 29.7. The van der Waals surface area contributed by atoms with E-state index in [0.717, 1.165) is 6.42 Å². The number of carbonyl (C=O) groups is 2. The van der Waals surface area contributed by atoms with Crippen molar-refractivity contribution in [1.29, 1.82) is 0 Å². The molecule has 0 bridgehead atoms. The van der Waals surface area contributed by atoms with E-state index < -0.39 is 28.6 Å². The molecule has 5 nitrogen and oxygen atoms in total. The van der Waals surface area contributed by atoms with Crippen LogP contribution in [0.3, 0.4) is 0 Å². The van der Waals surface area contributed by atoms with Crippen LogP contribution in [0, 0.1) is 17.8 Å². The van der Waals surface area contributed by atoms with E-state index in [4.69, 9.17) is 0 Å². The van der Waals surface area contributed by atoms with Gasteiger partial charge in [0, 0.05) is 28.9 Å². The van der Waals surface area contributed by atoms with Gasteiger partial charge in [0.25, 0.3) is 0 Å². The third-order valence-electron chi connectivity index (χ3n) is 4.02. The molecule has 0 aliphatic heterocycles. The highest BCUT2D eigenvalue weighted by atomic mass is 32.2. The third kappa shape index (κ3) is 4.30. The Hall–Kier alpha value is -0.910. The number of aliphatic carboxylic acids is 1. The Bertz CT molecular complexity index is 372. The highest BCUT2D eigenvalue weighted by Crippen LogP contribution is 2.38. The van der Waals surface area contributed by atoms with Crippen molar-refractivity contribution >= 4 is 22.7 Å². The van der Waals surface area contributed by atoms with Crippen LogP contribution in [-0.2, 0) is 20.4 Å². The smallest absolute Gasteiger partial charge is 0.307 e. The summed E-state index contributed by atoms with van der Waals surface area (Å²) in [5.74, 6) is -1.80. The molecule has 5 atom stereocenters. The molecule has 6 heteroatoms. The van der Waals surface area contributed by atoms with Gasteiger partial charge < -0.3 is 10.4 Å². The Morgan fingerprint density at radius 1 is 1.37 bits per heavy atom. The molecule has 1 amide bonds. The number of carboxylic acid groups (broad SMARTS) is 1. The van der Waals surface area contributed by atoms with Crippen LogP contribution < -0.4 is 5.32 Å². The fraction of sp³-hybridized carbons (Fsp3) is 0.846. The number of carboxylic acids is 1. The summed E-state index contributed by atoms with van der Waals surface area (Å²) in [6, 6.07) is 0. The zero-order valence-electron chi connectivity index (χ0n) is 11.7. The van der Waals surface area contributed by atoms with Gasteiger partial charge in [-0.05, 0) is 25.7 Å². The van der Waals surface area contributed by atoms with E-state index in [9.17, 15) is 18.9 Å². The number of carbonyl (C=O) groups excluding carboxylic acids is 1. The van der Waals surface area contributed by atoms with Gasteiger partial charge in [0.15, 0.2) is 0 Å². The van der Waals surface area contributed by atoms with Gasteiger partial charge in [-0.15, -0.1) is 0 Å². The van der Waals surface area contributed by atoms with E-state index in [0.29, 0.717) is 25.3 Å². The molecule has 0 heterocycles. The third-order valence-corrected chi connectivity index (χ3v) is 5.32. The van der Waals surface area contributed by atoms with Crippen LogP contribution in [0.4, 0.5) is 0 Å². The van der Waals surface area contributed by atoms with Crippen LogP contribution in [-0.4, -0.2) is 39.2 Å². The summed E-state index contributed by atoms with van der Waals surface area (Å²) in [5.41, 5.74) is 0. The second-order valence-electron chi connectivity index (χ2n) is 5.35. The molecule has 0 aromatic heterocycles. The lowest BCUT2D eigenvalue weighted by Crippen LogP contribution is -2.39. The zero-order valence-corrected chi connectivity index (χ0v) is 12.5. The first-order chi connectivity index (χ1) is 8.86. The van der Waals surface area contributed by atoms with Crippen LogP contribution in [0.25, 0.3) is 0 Å². The highest BCUT2D eigenvalue weighted by Gasteiger charge is 2.42. The predicted molar refractivity (Wildman–Crippen MR) is 74.2 cm³/mol. The minimum Gasteiger partial charge on any atom is -0.481 e. The predicted octanol–water partition coefficient (Wildman–Crippen LogP) is 1.01. The number of nitrogens with one attached hydrogen (secondary N) is 1. The Morgan fingerprint density at radius 3 is 2.42 bits per heavy atom. The number of hydrogen-bond donors (Lipinski definition) is 2. The molecule has 0 radical (unpaired) electrons. The molecule has 19 heavy (non-hydrogen) atoms. The molecule has 1 rings (SSSR count). The van der Waals surface area contributed by atoms with E-state index in [1.165, 1.54) is 0 Å². The number of rotatable bonds is 6. The molecule has 1 fully saturated rings. The molecular formula is C13H23NO4S. The fourth-order valence-corrected chi connectivity index (χ4v) is 2.85. The van der Waals surface area contributed by atoms with E-state index in [2.05, 4.69) is 5.32 Å². The first kappa shape index (κ1) is 16.1. The van der Waals surface area contributed by atoms with E-state index in [-0.39, 0.29) is 11.2 Å². The second kappa shape index (κ2) is 7.03. The van der Waals surface area contributed by atoms with Crippen molar-refractivity contribution in [3.8, 4) is 0 Å². The molecular weight excluding hydrogens is 266 g/mol. The lowest BCUT2D eigenvalue weighted by molar-refractivity contribution is -0.146. The summed E-state index contributed by atoms with van der Waals surface area (Å²) in [6.45, 7) is 4.16. The Kier molecular flexibility index (Phi) is 5.97. The van der Waals surface area contributed by atoms with Crippen LogP contribution >= 0.6 is 0 Å². The SMILES string of the molecule is CCC1CC(C(=O)O)C(C(=O)NCC(C)S(C)=O)C1. The molecule has 1 saturated carbocycles. The summed E-state index contributed by atoms with van der Waals surface area (Å²) in [5, 5.41) is 11.8. The molecule has 1 aliphatic carbocycles. The van der Waals surface area contributed by atoms with Gasteiger partial charge in [-0.3, -0.25) is 13.8 Å². The van der Waals surface area contributed by atoms with Crippen LogP contribution in [0.2, 0.25) is 0 Å². The van der Waals surface area contributed by atoms with Gasteiger partial charge in [-0.25, -0.2) is 0 Å². The van der Waals surface area contributed by atoms with Crippen molar-refractivity contribution in [2.24, 2.45) is 17.8 Å². The number of hydrogen-bond acceptors (Lipinski definition) is 3. The highest BCUT2D eigenvalue weighted by molar-refractivity contribution is 7.84. The average Bonchev–Trinajstić information content (AvgIpc) is 2.79. The molecule has 0 saturated heterocycles. The van der Waals surface area contributed by atoms with Crippen LogP contribution in [0.1, 0.15) is 33.1 Å². The lowest BCUT2D eigenvalue weighted by Gasteiger charge is -2.17. The monoisotopic (exact) mass is 289 g/mol. The maximum absolute atomic E-state index is 12.1. The topological polar surface area (TPSA) is 83.5 Å². The first-order valence-electron chi connectivity index (χ1n) is 6.69. The van der Waals surface area contributed by atoms with Crippen molar-refractivity contribution in [3.63, 3.8) is 0 Å². The van der Waals surface area contributed by atoms with Gasteiger partial charge in [-0.1, -0.05) is 13.3 Å². The number of amides is 1. The van der Waals surface area contributed by atoms with Gasteiger partial charge in [0.05, 0.1) is 11.8 Å². The summed E-state index contributed by atoms with van der Waals surface area (Å²) >= 11 is 0. The lowest BCUT2D eigenvalue weighted by atomic mass is 9.95. The van der Waals surface area contributed by atoms with Crippen molar-refractivity contribution in [1.82, 2.24) is 5.32 Å². The molecule has 2 N–H and O–H groups in total. The standard InChI is InChI=1S/C13H23NO4S/c1-4-9-5-10(11(6-9)13(16)17)12(15)14-7-8(2)19(3)18/h8-11H,4-7H2,1-3H3,(H,14,15)(H,16,17). The van der Waals surface area contributed by atoms with E-state index in [1.807, 2.05) is 6.92 Å². The quantitative estimate of drug-likeness (QED) is 0.764. The average molecular weight is 289 g/mol. The molecule has 0 aromatic carbocycles. The fourth-order valence-electron chi connectivity index (χ4n) is 2.53. The summed E-state index contributed by atoms with van der Waals surface area (Å²) in [4.78, 5) is 23.3. The van der Waals surface area contributed by atoms with Gasteiger partial charge in [-0.2, -0.15) is 0 Å². The Morgan fingerprint density at radius 2 is 1.95 bits per heavy atom. The van der Waals surface area contributed by atoms with Gasteiger partial charge in [0.1, 0.15) is 0 Å². The van der Waals surface area contributed by atoms with Crippen molar-refractivity contribution in [2.75, 3.05) is 12.8 Å². The van der Waals surface area contributed by atoms with Gasteiger partial charge in [0.2, 0.25) is 5.91 Å². The minimum absolute atomic E-state index is 0.115. The zero-order chi connectivity index (χ0) is 14.6. The Balaban J connectivity index is 2.59. The van der Waals surface area contributed by atoms with E-state index >= 15 is 0 Å². The second-order valence-corrected chi connectivity index (χ2v) is 7.15. The van der Waals surface area contributed by atoms with Crippen molar-refractivity contribution in [3.05, 3.63) is 0 Å². The molecule has 110 valence electrons. The summed E-state index contributed by atoms with van der Waals surface area (Å²) in [6.07, 6.45) is 3.73. The summed E-state index contributed by atoms with van der Waals surface area (Å²) < 4.78 is 11.2. The van der Waals surface area contributed by atoms with E-state index in [1.54, 1.807) is 13.2 Å². The molecule has 1 aliphatic rings. The molecule has 0 spiro atoms. The molecule has 0 aromatic rings. The largest absolute Gasteiger partial charge is 0.481 e. The van der Waals surface area contributed by atoms with Crippen LogP contribution in [0.15, 0.2) is 0 Å². The van der Waals surface area contributed by atoms with Crippen molar-refractivity contribution in [2.45, 2.75) is 38.4 Å². The maximum atomic E-state index is 12.1.